The maximum Gasteiger partial charge on any atom is 0.231 e. The molecule has 1 saturated carbocycles. The van der Waals surface area contributed by atoms with E-state index in [-0.39, 0.29) is 17.8 Å². The number of hydrogen-bond donors (Lipinski definition) is 1. The predicted molar refractivity (Wildman–Crippen MR) is 105 cm³/mol. The third-order valence-electron chi connectivity index (χ3n) is 5.35. The lowest BCUT2D eigenvalue weighted by Gasteiger charge is -2.24. The number of amides is 1. The lowest BCUT2D eigenvalue weighted by Crippen LogP contribution is -2.37. The number of methoxy groups -OCH3 is 1. The predicted octanol–water partition coefficient (Wildman–Crippen LogP) is 4.17. The molecule has 1 N–H and O–H groups in total. The molecular formula is C23H21FN2O2. The zero-order valence-electron chi connectivity index (χ0n) is 15.6. The summed E-state index contributed by atoms with van der Waals surface area (Å²) >= 11 is 0. The summed E-state index contributed by atoms with van der Waals surface area (Å²) in [5.41, 5.74) is 2.18. The molecule has 4 rings (SSSR count). The Kier molecular flexibility index (Phi) is 4.82. The van der Waals surface area contributed by atoms with Crippen LogP contribution in [-0.4, -0.2) is 18.0 Å². The average Bonchev–Trinajstić information content (AvgIpc) is 3.55. The van der Waals surface area contributed by atoms with E-state index in [9.17, 15) is 9.18 Å². The molecule has 2 aromatic carbocycles. The van der Waals surface area contributed by atoms with Gasteiger partial charge in [0.25, 0.3) is 0 Å². The number of aromatic nitrogens is 1. The van der Waals surface area contributed by atoms with Gasteiger partial charge in [-0.15, -0.1) is 0 Å². The van der Waals surface area contributed by atoms with E-state index in [1.807, 2.05) is 36.4 Å². The number of hydrogen-bond acceptors (Lipinski definition) is 3. The number of benzene rings is 2. The molecule has 142 valence electrons. The number of pyridine rings is 1. The van der Waals surface area contributed by atoms with Gasteiger partial charge >= 0.3 is 0 Å². The Hall–Kier alpha value is -3.21. The van der Waals surface area contributed by atoms with Crippen molar-refractivity contribution in [1.29, 1.82) is 0 Å². The van der Waals surface area contributed by atoms with Crippen molar-refractivity contribution in [2.75, 3.05) is 7.11 Å². The van der Waals surface area contributed by atoms with Crippen molar-refractivity contribution in [3.8, 4) is 5.75 Å². The fourth-order valence-electron chi connectivity index (χ4n) is 3.52. The summed E-state index contributed by atoms with van der Waals surface area (Å²) in [5.74, 6) is 0.415. The van der Waals surface area contributed by atoms with Crippen LogP contribution in [0.15, 0.2) is 73.1 Å². The molecule has 1 amide bonds. The second-order valence-corrected chi connectivity index (χ2v) is 7.05. The van der Waals surface area contributed by atoms with Crippen molar-refractivity contribution in [2.24, 2.45) is 0 Å². The molecule has 0 bridgehead atoms. The van der Waals surface area contributed by atoms with E-state index in [1.165, 1.54) is 12.1 Å². The average molecular weight is 376 g/mol. The second-order valence-electron chi connectivity index (χ2n) is 7.05. The Labute approximate surface area is 163 Å². The van der Waals surface area contributed by atoms with Crippen LogP contribution in [0.3, 0.4) is 0 Å². The molecule has 5 heteroatoms. The number of ether oxygens (including phenoxy) is 1. The molecule has 0 saturated heterocycles. The number of rotatable bonds is 6. The van der Waals surface area contributed by atoms with Crippen LogP contribution in [0, 0.1) is 5.82 Å². The lowest BCUT2D eigenvalue weighted by atomic mass is 9.93. The van der Waals surface area contributed by atoms with Crippen LogP contribution in [0.1, 0.15) is 35.6 Å². The van der Waals surface area contributed by atoms with Gasteiger partial charge in [-0.25, -0.2) is 4.39 Å². The van der Waals surface area contributed by atoms with Crippen LogP contribution in [0.25, 0.3) is 0 Å². The first-order valence-corrected chi connectivity index (χ1v) is 9.23. The minimum atomic E-state index is -0.578. The number of carbonyl (C=O) groups is 1. The van der Waals surface area contributed by atoms with Crippen LogP contribution < -0.4 is 10.1 Å². The quantitative estimate of drug-likeness (QED) is 0.703. The van der Waals surface area contributed by atoms with Crippen molar-refractivity contribution < 1.29 is 13.9 Å². The summed E-state index contributed by atoms with van der Waals surface area (Å²) in [4.78, 5) is 17.3. The molecule has 1 aliphatic rings. The molecule has 1 atom stereocenters. The van der Waals surface area contributed by atoms with Crippen LogP contribution in [0.4, 0.5) is 4.39 Å². The highest BCUT2D eigenvalue weighted by atomic mass is 19.1. The van der Waals surface area contributed by atoms with E-state index in [0.717, 1.165) is 35.3 Å². The molecule has 28 heavy (non-hydrogen) atoms. The standard InChI is InChI=1S/C23H21FN2O2/c1-28-20-8-2-16(3-9-20)21(17-10-14-25-15-11-17)26-22(27)23(12-13-23)18-4-6-19(24)7-5-18/h2-11,14-15,21H,12-13H2,1H3,(H,26,27)/t21-/m1/s1. The molecule has 3 aromatic rings. The highest BCUT2D eigenvalue weighted by molar-refractivity contribution is 5.91. The number of halogens is 1. The number of nitrogens with zero attached hydrogens (tertiary/aromatic N) is 1. The SMILES string of the molecule is COc1ccc([C@@H](NC(=O)C2(c3ccc(F)cc3)CC2)c2ccncc2)cc1. The summed E-state index contributed by atoms with van der Waals surface area (Å²) in [5, 5.41) is 3.20. The molecule has 1 aliphatic carbocycles. The second kappa shape index (κ2) is 7.43. The van der Waals surface area contributed by atoms with Gasteiger partial charge in [0, 0.05) is 12.4 Å². The van der Waals surface area contributed by atoms with E-state index in [4.69, 9.17) is 4.74 Å². The topological polar surface area (TPSA) is 51.2 Å². The Morgan fingerprint density at radius 1 is 1.00 bits per heavy atom. The first-order chi connectivity index (χ1) is 13.6. The maximum atomic E-state index is 13.3. The van der Waals surface area contributed by atoms with Crippen LogP contribution in [0.5, 0.6) is 5.75 Å². The van der Waals surface area contributed by atoms with E-state index < -0.39 is 5.41 Å². The smallest absolute Gasteiger partial charge is 0.231 e. The summed E-state index contributed by atoms with van der Waals surface area (Å²) in [6, 6.07) is 17.4. The highest BCUT2D eigenvalue weighted by Gasteiger charge is 2.51. The van der Waals surface area contributed by atoms with E-state index >= 15 is 0 Å². The minimum Gasteiger partial charge on any atom is -0.497 e. The Morgan fingerprint density at radius 2 is 1.61 bits per heavy atom. The first-order valence-electron chi connectivity index (χ1n) is 9.23. The molecule has 1 fully saturated rings. The van der Waals surface area contributed by atoms with Crippen LogP contribution >= 0.6 is 0 Å². The maximum absolute atomic E-state index is 13.3. The molecule has 1 heterocycles. The summed E-state index contributed by atoms with van der Waals surface area (Å²) in [7, 11) is 1.62. The van der Waals surface area contributed by atoms with Gasteiger partial charge in [-0.1, -0.05) is 24.3 Å². The van der Waals surface area contributed by atoms with Crippen molar-refractivity contribution in [3.63, 3.8) is 0 Å². The molecule has 4 nitrogen and oxygen atoms in total. The summed E-state index contributed by atoms with van der Waals surface area (Å²) in [6.45, 7) is 0. The van der Waals surface area contributed by atoms with E-state index in [0.29, 0.717) is 0 Å². The van der Waals surface area contributed by atoms with Crippen molar-refractivity contribution >= 4 is 5.91 Å². The fraction of sp³-hybridized carbons (Fsp3) is 0.217. The van der Waals surface area contributed by atoms with Gasteiger partial charge in [0.2, 0.25) is 5.91 Å². The van der Waals surface area contributed by atoms with Gasteiger partial charge in [0.15, 0.2) is 0 Å². The third-order valence-corrected chi connectivity index (χ3v) is 5.35. The normalized spacial score (nSPS) is 15.5. The van der Waals surface area contributed by atoms with Crippen molar-refractivity contribution in [2.45, 2.75) is 24.3 Å². The molecule has 0 aliphatic heterocycles. The van der Waals surface area contributed by atoms with Gasteiger partial charge in [0.1, 0.15) is 11.6 Å². The zero-order valence-corrected chi connectivity index (χ0v) is 15.6. The largest absolute Gasteiger partial charge is 0.497 e. The van der Waals surface area contributed by atoms with Crippen LogP contribution in [0.2, 0.25) is 0 Å². The highest BCUT2D eigenvalue weighted by Crippen LogP contribution is 2.49. The van der Waals surface area contributed by atoms with Crippen LogP contribution in [-0.2, 0) is 10.2 Å². The number of nitrogens with one attached hydrogen (secondary N) is 1. The molecular weight excluding hydrogens is 355 g/mol. The fourth-order valence-corrected chi connectivity index (χ4v) is 3.52. The van der Waals surface area contributed by atoms with Gasteiger partial charge in [-0.3, -0.25) is 9.78 Å². The molecule has 0 unspecified atom stereocenters. The molecule has 0 spiro atoms. The Morgan fingerprint density at radius 3 is 2.18 bits per heavy atom. The molecule has 1 aromatic heterocycles. The lowest BCUT2D eigenvalue weighted by molar-refractivity contribution is -0.124. The van der Waals surface area contributed by atoms with Gasteiger partial charge in [-0.2, -0.15) is 0 Å². The number of carbonyl (C=O) groups excluding carboxylic acids is 1. The Balaban J connectivity index is 1.64. The Bertz CT molecular complexity index is 952. The van der Waals surface area contributed by atoms with E-state index in [1.54, 1.807) is 31.6 Å². The summed E-state index contributed by atoms with van der Waals surface area (Å²) in [6.07, 6.45) is 4.95. The van der Waals surface area contributed by atoms with Crippen molar-refractivity contribution in [3.05, 3.63) is 95.6 Å². The van der Waals surface area contributed by atoms with Gasteiger partial charge in [-0.05, 0) is 65.9 Å². The molecule has 0 radical (unpaired) electrons. The van der Waals surface area contributed by atoms with Gasteiger partial charge < -0.3 is 10.1 Å². The minimum absolute atomic E-state index is 0.0447. The summed E-state index contributed by atoms with van der Waals surface area (Å²) < 4.78 is 18.5. The third kappa shape index (κ3) is 3.48. The van der Waals surface area contributed by atoms with Crippen molar-refractivity contribution in [1.82, 2.24) is 10.3 Å². The van der Waals surface area contributed by atoms with Gasteiger partial charge in [0.05, 0.1) is 18.6 Å². The monoisotopic (exact) mass is 376 g/mol. The first kappa shape index (κ1) is 18.2. The zero-order chi connectivity index (χ0) is 19.6. The van der Waals surface area contributed by atoms with E-state index in [2.05, 4.69) is 10.3 Å².